The van der Waals surface area contributed by atoms with Gasteiger partial charge in [0.1, 0.15) is 0 Å². The lowest BCUT2D eigenvalue weighted by Gasteiger charge is -2.22. The van der Waals surface area contributed by atoms with Gasteiger partial charge in [-0.2, -0.15) is 0 Å². The molecule has 0 heterocycles. The topological polar surface area (TPSA) is 46.3 Å². The van der Waals surface area contributed by atoms with Crippen molar-refractivity contribution in [3.63, 3.8) is 0 Å². The van der Waals surface area contributed by atoms with Crippen molar-refractivity contribution in [2.75, 3.05) is 18.0 Å². The standard InChI is InChI=1S/C14H22N2O.ClH/c1-4-16(14(17)6-5-7-15)13-9-11(2)8-12(3)10-13;/h8-10H,4-7,15H2,1-3H3;1H. The van der Waals surface area contributed by atoms with Crippen molar-refractivity contribution in [3.05, 3.63) is 29.3 Å². The Morgan fingerprint density at radius 1 is 1.22 bits per heavy atom. The Kier molecular flexibility index (Phi) is 7.64. The first kappa shape index (κ1) is 16.9. The van der Waals surface area contributed by atoms with Crippen LogP contribution in [0.5, 0.6) is 0 Å². The molecule has 0 aliphatic heterocycles. The minimum absolute atomic E-state index is 0. The molecule has 18 heavy (non-hydrogen) atoms. The molecule has 0 atom stereocenters. The van der Waals surface area contributed by atoms with Crippen LogP contribution >= 0.6 is 12.4 Å². The number of carbonyl (C=O) groups is 1. The summed E-state index contributed by atoms with van der Waals surface area (Å²) < 4.78 is 0. The number of halogens is 1. The number of aryl methyl sites for hydroxylation is 2. The molecule has 0 aromatic heterocycles. The molecule has 0 saturated carbocycles. The lowest BCUT2D eigenvalue weighted by atomic mass is 10.1. The largest absolute Gasteiger partial charge is 0.330 e. The third kappa shape index (κ3) is 4.67. The summed E-state index contributed by atoms with van der Waals surface area (Å²) in [4.78, 5) is 13.9. The summed E-state index contributed by atoms with van der Waals surface area (Å²) in [6.07, 6.45) is 1.28. The van der Waals surface area contributed by atoms with Crippen LogP contribution in [0.3, 0.4) is 0 Å². The van der Waals surface area contributed by atoms with E-state index in [9.17, 15) is 4.79 Å². The molecule has 4 heteroatoms. The average Bonchev–Trinajstić information content (AvgIpc) is 2.26. The summed E-state index contributed by atoms with van der Waals surface area (Å²) in [6, 6.07) is 6.22. The number of benzene rings is 1. The molecule has 0 fully saturated rings. The predicted octanol–water partition coefficient (Wildman–Crippen LogP) is 2.82. The van der Waals surface area contributed by atoms with Crippen molar-refractivity contribution in [3.8, 4) is 0 Å². The summed E-state index contributed by atoms with van der Waals surface area (Å²) in [7, 11) is 0. The quantitative estimate of drug-likeness (QED) is 0.894. The van der Waals surface area contributed by atoms with Gasteiger partial charge >= 0.3 is 0 Å². The summed E-state index contributed by atoms with van der Waals surface area (Å²) >= 11 is 0. The van der Waals surface area contributed by atoms with Crippen LogP contribution in [-0.2, 0) is 4.79 Å². The third-order valence-corrected chi connectivity index (χ3v) is 2.73. The maximum absolute atomic E-state index is 12.0. The van der Waals surface area contributed by atoms with Gasteiger partial charge in [-0.15, -0.1) is 12.4 Å². The first-order valence-corrected chi connectivity index (χ1v) is 6.17. The van der Waals surface area contributed by atoms with Crippen LogP contribution in [0, 0.1) is 13.8 Å². The van der Waals surface area contributed by atoms with Crippen LogP contribution in [0.4, 0.5) is 5.69 Å². The number of nitrogens with two attached hydrogens (primary N) is 1. The maximum atomic E-state index is 12.0. The van der Waals surface area contributed by atoms with E-state index in [1.165, 1.54) is 11.1 Å². The van der Waals surface area contributed by atoms with Crippen molar-refractivity contribution in [2.45, 2.75) is 33.6 Å². The Bertz CT molecular complexity index is 373. The highest BCUT2D eigenvalue weighted by Gasteiger charge is 2.13. The molecule has 2 N–H and O–H groups in total. The van der Waals surface area contributed by atoms with Crippen LogP contribution in [0.1, 0.15) is 30.9 Å². The second-order valence-electron chi connectivity index (χ2n) is 4.38. The zero-order valence-corrected chi connectivity index (χ0v) is 12.2. The van der Waals surface area contributed by atoms with E-state index in [0.717, 1.165) is 12.1 Å². The normalized spacial score (nSPS) is 9.78. The van der Waals surface area contributed by atoms with E-state index in [0.29, 0.717) is 19.5 Å². The van der Waals surface area contributed by atoms with E-state index < -0.39 is 0 Å². The number of hydrogen-bond acceptors (Lipinski definition) is 2. The monoisotopic (exact) mass is 270 g/mol. The Hall–Kier alpha value is -1.06. The number of rotatable bonds is 5. The van der Waals surface area contributed by atoms with Crippen molar-refractivity contribution in [1.29, 1.82) is 0 Å². The third-order valence-electron chi connectivity index (χ3n) is 2.73. The zero-order chi connectivity index (χ0) is 12.8. The van der Waals surface area contributed by atoms with Gasteiger partial charge in [0.15, 0.2) is 0 Å². The SMILES string of the molecule is CCN(C(=O)CCCN)c1cc(C)cc(C)c1.Cl. The summed E-state index contributed by atoms with van der Waals surface area (Å²) in [5.41, 5.74) is 8.80. The summed E-state index contributed by atoms with van der Waals surface area (Å²) in [6.45, 7) is 7.36. The van der Waals surface area contributed by atoms with E-state index >= 15 is 0 Å². The van der Waals surface area contributed by atoms with Crippen molar-refractivity contribution < 1.29 is 4.79 Å². The first-order valence-electron chi connectivity index (χ1n) is 6.17. The fourth-order valence-corrected chi connectivity index (χ4v) is 2.00. The Morgan fingerprint density at radius 2 is 1.78 bits per heavy atom. The predicted molar refractivity (Wildman–Crippen MR) is 79.5 cm³/mol. The van der Waals surface area contributed by atoms with Gasteiger partial charge in [-0.3, -0.25) is 4.79 Å². The van der Waals surface area contributed by atoms with Gasteiger partial charge in [0, 0.05) is 18.7 Å². The molecule has 0 aliphatic rings. The van der Waals surface area contributed by atoms with Crippen molar-refractivity contribution >= 4 is 24.0 Å². The smallest absolute Gasteiger partial charge is 0.227 e. The molecule has 1 aromatic carbocycles. The molecule has 3 nitrogen and oxygen atoms in total. The van der Waals surface area contributed by atoms with Gasteiger partial charge < -0.3 is 10.6 Å². The van der Waals surface area contributed by atoms with Crippen LogP contribution in [0.15, 0.2) is 18.2 Å². The van der Waals surface area contributed by atoms with Crippen LogP contribution in [-0.4, -0.2) is 19.0 Å². The van der Waals surface area contributed by atoms with E-state index in [4.69, 9.17) is 5.73 Å². The number of carbonyl (C=O) groups excluding carboxylic acids is 1. The second-order valence-corrected chi connectivity index (χ2v) is 4.38. The Morgan fingerprint density at radius 3 is 2.22 bits per heavy atom. The lowest BCUT2D eigenvalue weighted by Crippen LogP contribution is -2.30. The highest BCUT2D eigenvalue weighted by molar-refractivity contribution is 5.93. The molecule has 0 bridgehead atoms. The number of amides is 1. The fraction of sp³-hybridized carbons (Fsp3) is 0.500. The molecular formula is C14H23ClN2O. The van der Waals surface area contributed by atoms with E-state index in [2.05, 4.69) is 32.0 Å². The van der Waals surface area contributed by atoms with E-state index in [-0.39, 0.29) is 18.3 Å². The number of hydrogen-bond donors (Lipinski definition) is 1. The molecule has 102 valence electrons. The maximum Gasteiger partial charge on any atom is 0.227 e. The molecule has 0 radical (unpaired) electrons. The Balaban J connectivity index is 0.00000289. The Labute approximate surface area is 116 Å². The number of anilines is 1. The highest BCUT2D eigenvalue weighted by atomic mass is 35.5. The summed E-state index contributed by atoms with van der Waals surface area (Å²) in [5.74, 6) is 0.156. The van der Waals surface area contributed by atoms with E-state index in [1.807, 2.05) is 11.8 Å². The molecule has 1 rings (SSSR count). The molecule has 1 aromatic rings. The molecule has 1 amide bonds. The average molecular weight is 271 g/mol. The summed E-state index contributed by atoms with van der Waals surface area (Å²) in [5, 5.41) is 0. The molecule has 0 saturated heterocycles. The van der Waals surface area contributed by atoms with E-state index in [1.54, 1.807) is 0 Å². The van der Waals surface area contributed by atoms with Gasteiger partial charge in [-0.05, 0) is 57.0 Å². The second kappa shape index (κ2) is 8.11. The van der Waals surface area contributed by atoms with Gasteiger partial charge in [-0.25, -0.2) is 0 Å². The van der Waals surface area contributed by atoms with Gasteiger partial charge in [-0.1, -0.05) is 6.07 Å². The molecule has 0 spiro atoms. The molecule has 0 unspecified atom stereocenters. The van der Waals surface area contributed by atoms with Crippen molar-refractivity contribution in [2.24, 2.45) is 5.73 Å². The van der Waals surface area contributed by atoms with Gasteiger partial charge in [0.25, 0.3) is 0 Å². The highest BCUT2D eigenvalue weighted by Crippen LogP contribution is 2.19. The molecular weight excluding hydrogens is 248 g/mol. The van der Waals surface area contributed by atoms with Crippen LogP contribution < -0.4 is 10.6 Å². The lowest BCUT2D eigenvalue weighted by molar-refractivity contribution is -0.118. The number of nitrogens with zero attached hydrogens (tertiary/aromatic N) is 1. The van der Waals surface area contributed by atoms with Gasteiger partial charge in [0.2, 0.25) is 5.91 Å². The van der Waals surface area contributed by atoms with Gasteiger partial charge in [0.05, 0.1) is 0 Å². The fourth-order valence-electron chi connectivity index (χ4n) is 2.00. The van der Waals surface area contributed by atoms with Crippen LogP contribution in [0.25, 0.3) is 0 Å². The zero-order valence-electron chi connectivity index (χ0n) is 11.4. The minimum atomic E-state index is 0. The minimum Gasteiger partial charge on any atom is -0.330 e. The molecule has 0 aliphatic carbocycles. The van der Waals surface area contributed by atoms with Crippen LogP contribution in [0.2, 0.25) is 0 Å². The van der Waals surface area contributed by atoms with Crippen molar-refractivity contribution in [1.82, 2.24) is 0 Å². The first-order chi connectivity index (χ1) is 8.08.